The third kappa shape index (κ3) is 2.74. The summed E-state index contributed by atoms with van der Waals surface area (Å²) < 4.78 is 0. The Bertz CT molecular complexity index is 464. The van der Waals surface area contributed by atoms with Crippen molar-refractivity contribution in [2.24, 2.45) is 5.73 Å². The fraction of sp³-hybridized carbons (Fsp3) is 0.100. The van der Waals surface area contributed by atoms with Crippen molar-refractivity contribution >= 4 is 34.2 Å². The van der Waals surface area contributed by atoms with Gasteiger partial charge in [-0.05, 0) is 12.1 Å². The number of anilines is 1. The van der Waals surface area contributed by atoms with Gasteiger partial charge in [-0.3, -0.25) is 4.98 Å². The van der Waals surface area contributed by atoms with E-state index in [1.807, 2.05) is 11.4 Å². The summed E-state index contributed by atoms with van der Waals surface area (Å²) in [4.78, 5) is 8.62. The predicted molar refractivity (Wildman–Crippen MR) is 69.6 cm³/mol. The van der Waals surface area contributed by atoms with Gasteiger partial charge in [0.2, 0.25) is 0 Å². The minimum absolute atomic E-state index is 0.312. The zero-order valence-corrected chi connectivity index (χ0v) is 10.0. The molecule has 2 heterocycles. The number of pyridine rings is 1. The van der Waals surface area contributed by atoms with E-state index in [9.17, 15) is 0 Å². The van der Waals surface area contributed by atoms with E-state index in [2.05, 4.69) is 15.3 Å². The molecule has 2 aromatic heterocycles. The van der Waals surface area contributed by atoms with E-state index in [1.54, 1.807) is 29.8 Å². The number of hydrogen-bond acceptors (Lipinski definition) is 5. The number of nitrogens with two attached hydrogens (primary N) is 1. The second kappa shape index (κ2) is 5.00. The third-order valence-electron chi connectivity index (χ3n) is 1.94. The van der Waals surface area contributed by atoms with Crippen molar-refractivity contribution < 1.29 is 0 Å². The second-order valence-electron chi connectivity index (χ2n) is 3.08. The summed E-state index contributed by atoms with van der Waals surface area (Å²) in [5.74, 6) is 0. The summed E-state index contributed by atoms with van der Waals surface area (Å²) in [5.41, 5.74) is 7.02. The number of thiocarbonyl (C=S) groups is 1. The Labute approximate surface area is 103 Å². The zero-order valence-electron chi connectivity index (χ0n) is 8.38. The van der Waals surface area contributed by atoms with Crippen molar-refractivity contribution in [2.75, 3.05) is 5.32 Å². The van der Waals surface area contributed by atoms with Crippen LogP contribution in [0.5, 0.6) is 0 Å². The topological polar surface area (TPSA) is 63.8 Å². The molecule has 82 valence electrons. The lowest BCUT2D eigenvalue weighted by atomic mass is 10.3. The number of rotatable bonds is 4. The Morgan fingerprint density at radius 2 is 2.31 bits per heavy atom. The van der Waals surface area contributed by atoms with Gasteiger partial charge in [-0.2, -0.15) is 0 Å². The van der Waals surface area contributed by atoms with Crippen molar-refractivity contribution in [1.82, 2.24) is 9.97 Å². The molecule has 3 N–H and O–H groups in total. The van der Waals surface area contributed by atoms with Crippen molar-refractivity contribution in [3.8, 4) is 0 Å². The first kappa shape index (κ1) is 11.0. The van der Waals surface area contributed by atoms with E-state index in [1.165, 1.54) is 0 Å². The minimum atomic E-state index is 0.312. The highest BCUT2D eigenvalue weighted by molar-refractivity contribution is 7.80. The van der Waals surface area contributed by atoms with E-state index in [4.69, 9.17) is 18.0 Å². The maximum atomic E-state index is 5.46. The van der Waals surface area contributed by atoms with Crippen molar-refractivity contribution in [3.63, 3.8) is 0 Å². The molecule has 0 aliphatic rings. The Kier molecular flexibility index (Phi) is 3.43. The van der Waals surface area contributed by atoms with Gasteiger partial charge >= 0.3 is 0 Å². The van der Waals surface area contributed by atoms with Gasteiger partial charge in [0.15, 0.2) is 0 Å². The van der Waals surface area contributed by atoms with E-state index < -0.39 is 0 Å². The van der Waals surface area contributed by atoms with Gasteiger partial charge in [0.25, 0.3) is 0 Å². The summed E-state index contributed by atoms with van der Waals surface area (Å²) in [5, 5.41) is 6.20. The molecule has 0 saturated carbocycles. The van der Waals surface area contributed by atoms with Gasteiger partial charge in [0, 0.05) is 11.6 Å². The fourth-order valence-corrected chi connectivity index (χ4v) is 1.84. The van der Waals surface area contributed by atoms with Gasteiger partial charge in [-0.25, -0.2) is 4.98 Å². The quantitative estimate of drug-likeness (QED) is 0.810. The van der Waals surface area contributed by atoms with E-state index in [0.717, 1.165) is 10.7 Å². The highest BCUT2D eigenvalue weighted by atomic mass is 32.1. The Balaban J connectivity index is 1.98. The summed E-state index contributed by atoms with van der Waals surface area (Å²) in [6.07, 6.45) is 3.50. The second-order valence-corrected chi connectivity index (χ2v) is 4.49. The van der Waals surface area contributed by atoms with Crippen LogP contribution >= 0.6 is 23.6 Å². The molecule has 0 radical (unpaired) electrons. The Hall–Kier alpha value is -1.53. The van der Waals surface area contributed by atoms with Crippen molar-refractivity contribution in [3.05, 3.63) is 40.6 Å². The molecule has 0 fully saturated rings. The SMILES string of the molecule is NC(=S)c1ccc(NCc2nccs2)cn1. The Morgan fingerprint density at radius 3 is 2.88 bits per heavy atom. The van der Waals surface area contributed by atoms with Crippen LogP contribution in [0.3, 0.4) is 0 Å². The molecule has 0 spiro atoms. The van der Waals surface area contributed by atoms with E-state index in [-0.39, 0.29) is 0 Å². The highest BCUT2D eigenvalue weighted by Gasteiger charge is 1.99. The smallest absolute Gasteiger partial charge is 0.122 e. The van der Waals surface area contributed by atoms with Crippen LogP contribution < -0.4 is 11.1 Å². The van der Waals surface area contributed by atoms with Crippen molar-refractivity contribution in [2.45, 2.75) is 6.54 Å². The van der Waals surface area contributed by atoms with Gasteiger partial charge < -0.3 is 11.1 Å². The van der Waals surface area contributed by atoms with Crippen LogP contribution in [0, 0.1) is 0 Å². The van der Waals surface area contributed by atoms with Gasteiger partial charge in [0.05, 0.1) is 24.1 Å². The monoisotopic (exact) mass is 250 g/mol. The molecule has 0 unspecified atom stereocenters. The molecule has 0 aliphatic carbocycles. The average molecular weight is 250 g/mol. The molecule has 2 rings (SSSR count). The minimum Gasteiger partial charge on any atom is -0.388 e. The molecule has 0 aliphatic heterocycles. The molecule has 0 aromatic carbocycles. The van der Waals surface area contributed by atoms with Crippen LogP contribution in [-0.2, 0) is 6.54 Å². The lowest BCUT2D eigenvalue weighted by molar-refractivity contribution is 1.10. The summed E-state index contributed by atoms with van der Waals surface area (Å²) in [6, 6.07) is 3.70. The summed E-state index contributed by atoms with van der Waals surface area (Å²) in [6.45, 7) is 0.700. The number of nitrogens with zero attached hydrogens (tertiary/aromatic N) is 2. The molecular formula is C10H10N4S2. The highest BCUT2D eigenvalue weighted by Crippen LogP contribution is 2.10. The predicted octanol–water partition coefficient (Wildman–Crippen LogP) is 1.78. The number of thiazole rings is 1. The molecule has 2 aromatic rings. The standard InChI is InChI=1S/C10H10N4S2/c11-10(15)8-2-1-7(5-14-8)13-6-9-12-3-4-16-9/h1-5,13H,6H2,(H2,11,15). The number of aromatic nitrogens is 2. The summed E-state index contributed by atoms with van der Waals surface area (Å²) in [7, 11) is 0. The maximum absolute atomic E-state index is 5.46. The molecule has 0 bridgehead atoms. The van der Waals surface area contributed by atoms with Crippen molar-refractivity contribution in [1.29, 1.82) is 0 Å². The first-order valence-electron chi connectivity index (χ1n) is 4.64. The molecule has 4 nitrogen and oxygen atoms in total. The third-order valence-corrected chi connectivity index (χ3v) is 2.93. The lowest BCUT2D eigenvalue weighted by Crippen LogP contribution is -2.11. The fourth-order valence-electron chi connectivity index (χ4n) is 1.16. The molecule has 16 heavy (non-hydrogen) atoms. The largest absolute Gasteiger partial charge is 0.388 e. The molecule has 0 saturated heterocycles. The lowest BCUT2D eigenvalue weighted by Gasteiger charge is -2.04. The van der Waals surface area contributed by atoms with E-state index in [0.29, 0.717) is 17.2 Å². The van der Waals surface area contributed by atoms with Gasteiger partial charge in [-0.1, -0.05) is 12.2 Å². The van der Waals surface area contributed by atoms with Crippen LogP contribution in [0.15, 0.2) is 29.9 Å². The van der Waals surface area contributed by atoms with Crippen LogP contribution in [0.25, 0.3) is 0 Å². The molecule has 6 heteroatoms. The number of nitrogens with one attached hydrogen (secondary N) is 1. The summed E-state index contributed by atoms with van der Waals surface area (Å²) >= 11 is 6.44. The first-order chi connectivity index (χ1) is 7.75. The normalized spacial score (nSPS) is 10.0. The van der Waals surface area contributed by atoms with Crippen LogP contribution in [-0.4, -0.2) is 15.0 Å². The molecule has 0 atom stereocenters. The van der Waals surface area contributed by atoms with E-state index >= 15 is 0 Å². The Morgan fingerprint density at radius 1 is 1.44 bits per heavy atom. The zero-order chi connectivity index (χ0) is 11.4. The first-order valence-corrected chi connectivity index (χ1v) is 5.92. The maximum Gasteiger partial charge on any atom is 0.122 e. The van der Waals surface area contributed by atoms with Crippen LogP contribution in [0.2, 0.25) is 0 Å². The molecular weight excluding hydrogens is 240 g/mol. The molecule has 0 amide bonds. The van der Waals surface area contributed by atoms with Gasteiger partial charge in [0.1, 0.15) is 10.00 Å². The van der Waals surface area contributed by atoms with Gasteiger partial charge in [-0.15, -0.1) is 11.3 Å². The van der Waals surface area contributed by atoms with Crippen LogP contribution in [0.1, 0.15) is 10.7 Å². The average Bonchev–Trinajstić information content (AvgIpc) is 2.80. The van der Waals surface area contributed by atoms with Crippen LogP contribution in [0.4, 0.5) is 5.69 Å². The number of hydrogen-bond donors (Lipinski definition) is 2.